The van der Waals surface area contributed by atoms with Gasteiger partial charge in [0.1, 0.15) is 11.6 Å². The first-order valence-electron chi connectivity index (χ1n) is 8.69. The van der Waals surface area contributed by atoms with Gasteiger partial charge in [0, 0.05) is 5.56 Å². The average molecular weight is 396 g/mol. The molecule has 146 valence electrons. The van der Waals surface area contributed by atoms with Crippen molar-refractivity contribution >= 4 is 0 Å². The molecule has 2 aromatic carbocycles. The SMILES string of the molecule is Cc1ccc(-c2[nH]nc3c2C(c2cccc(C(F)(F)F)c2)C(C#N)=C(N)O3)cc1. The second-order valence-corrected chi connectivity index (χ2v) is 6.73. The van der Waals surface area contributed by atoms with Crippen LogP contribution in [0.15, 0.2) is 60.0 Å². The normalized spacial score (nSPS) is 16.2. The van der Waals surface area contributed by atoms with E-state index in [-0.39, 0.29) is 22.9 Å². The van der Waals surface area contributed by atoms with Crippen LogP contribution >= 0.6 is 0 Å². The van der Waals surface area contributed by atoms with E-state index in [1.54, 1.807) is 0 Å². The number of nitrogens with zero attached hydrogens (tertiary/aromatic N) is 2. The molecule has 0 fully saturated rings. The number of fused-ring (bicyclic) bond motifs is 1. The Balaban J connectivity index is 1.94. The molecule has 0 amide bonds. The maximum Gasteiger partial charge on any atom is 0.416 e. The number of halogens is 3. The summed E-state index contributed by atoms with van der Waals surface area (Å²) in [4.78, 5) is 0. The van der Waals surface area contributed by atoms with Crippen molar-refractivity contribution < 1.29 is 17.9 Å². The van der Waals surface area contributed by atoms with Crippen LogP contribution in [0.25, 0.3) is 11.3 Å². The fourth-order valence-corrected chi connectivity index (χ4v) is 3.41. The van der Waals surface area contributed by atoms with Crippen molar-refractivity contribution in [1.82, 2.24) is 10.2 Å². The van der Waals surface area contributed by atoms with Gasteiger partial charge in [-0.25, -0.2) is 0 Å². The highest BCUT2D eigenvalue weighted by Gasteiger charge is 2.37. The van der Waals surface area contributed by atoms with E-state index in [0.29, 0.717) is 11.3 Å². The van der Waals surface area contributed by atoms with E-state index >= 15 is 0 Å². The fourth-order valence-electron chi connectivity index (χ4n) is 3.41. The zero-order valence-corrected chi connectivity index (χ0v) is 15.2. The molecular formula is C21H15F3N4O. The van der Waals surface area contributed by atoms with Crippen LogP contribution in [0, 0.1) is 18.3 Å². The van der Waals surface area contributed by atoms with E-state index in [9.17, 15) is 18.4 Å². The summed E-state index contributed by atoms with van der Waals surface area (Å²) < 4.78 is 45.3. The topological polar surface area (TPSA) is 87.7 Å². The largest absolute Gasteiger partial charge is 0.420 e. The Hall–Kier alpha value is -3.73. The molecular weight excluding hydrogens is 381 g/mol. The number of aromatic nitrogens is 2. The van der Waals surface area contributed by atoms with Crippen LogP contribution in [0.2, 0.25) is 0 Å². The lowest BCUT2D eigenvalue weighted by Gasteiger charge is -2.24. The lowest BCUT2D eigenvalue weighted by Crippen LogP contribution is -2.21. The number of alkyl halides is 3. The average Bonchev–Trinajstić information content (AvgIpc) is 3.10. The Morgan fingerprint density at radius 3 is 2.55 bits per heavy atom. The minimum absolute atomic E-state index is 0.0339. The molecule has 29 heavy (non-hydrogen) atoms. The first-order chi connectivity index (χ1) is 13.8. The van der Waals surface area contributed by atoms with Crippen LogP contribution in [-0.2, 0) is 6.18 Å². The molecule has 4 rings (SSSR count). The van der Waals surface area contributed by atoms with Gasteiger partial charge in [-0.05, 0) is 18.6 Å². The summed E-state index contributed by atoms with van der Waals surface area (Å²) in [6.07, 6.45) is -4.51. The number of nitrogens with two attached hydrogens (primary N) is 1. The maximum absolute atomic E-state index is 13.3. The molecule has 0 radical (unpaired) electrons. The molecule has 0 spiro atoms. The quantitative estimate of drug-likeness (QED) is 0.662. The predicted molar refractivity (Wildman–Crippen MR) is 99.5 cm³/mol. The molecule has 8 heteroatoms. The summed E-state index contributed by atoms with van der Waals surface area (Å²) in [5.41, 5.74) is 8.23. The minimum Gasteiger partial charge on any atom is -0.420 e. The van der Waals surface area contributed by atoms with Crippen LogP contribution in [0.3, 0.4) is 0 Å². The van der Waals surface area contributed by atoms with Crippen LogP contribution < -0.4 is 10.5 Å². The van der Waals surface area contributed by atoms with Gasteiger partial charge in [-0.3, -0.25) is 5.10 Å². The monoisotopic (exact) mass is 396 g/mol. The maximum atomic E-state index is 13.3. The number of aromatic amines is 1. The molecule has 5 nitrogen and oxygen atoms in total. The first kappa shape index (κ1) is 18.6. The van der Waals surface area contributed by atoms with Crippen LogP contribution in [0.4, 0.5) is 13.2 Å². The second kappa shape index (κ2) is 6.71. The second-order valence-electron chi connectivity index (χ2n) is 6.73. The van der Waals surface area contributed by atoms with E-state index in [2.05, 4.69) is 10.2 Å². The van der Waals surface area contributed by atoms with E-state index < -0.39 is 17.7 Å². The molecule has 1 atom stereocenters. The van der Waals surface area contributed by atoms with Crippen molar-refractivity contribution in [3.05, 3.63) is 82.2 Å². The van der Waals surface area contributed by atoms with Gasteiger partial charge in [-0.15, -0.1) is 5.10 Å². The Morgan fingerprint density at radius 2 is 1.90 bits per heavy atom. The van der Waals surface area contributed by atoms with Gasteiger partial charge in [-0.2, -0.15) is 18.4 Å². The first-order valence-corrected chi connectivity index (χ1v) is 8.69. The molecule has 3 N–H and O–H groups in total. The number of hydrogen-bond acceptors (Lipinski definition) is 4. The number of H-pyrrole nitrogens is 1. The molecule has 1 aliphatic rings. The minimum atomic E-state index is -4.51. The van der Waals surface area contributed by atoms with Crippen LogP contribution in [0.1, 0.15) is 28.2 Å². The van der Waals surface area contributed by atoms with Crippen LogP contribution in [-0.4, -0.2) is 10.2 Å². The number of rotatable bonds is 2. The van der Waals surface area contributed by atoms with Crippen molar-refractivity contribution in [2.45, 2.75) is 19.0 Å². The smallest absolute Gasteiger partial charge is 0.416 e. The number of allylic oxidation sites excluding steroid dienone is 1. The van der Waals surface area contributed by atoms with Gasteiger partial charge < -0.3 is 10.5 Å². The number of benzene rings is 2. The van der Waals surface area contributed by atoms with Crippen molar-refractivity contribution in [2.75, 3.05) is 0 Å². The highest BCUT2D eigenvalue weighted by atomic mass is 19.4. The number of hydrogen-bond donors (Lipinski definition) is 2. The Kier molecular flexibility index (Phi) is 4.31. The van der Waals surface area contributed by atoms with Crippen molar-refractivity contribution in [3.8, 4) is 23.2 Å². The molecule has 1 aromatic heterocycles. The predicted octanol–water partition coefficient (Wildman–Crippen LogP) is 4.62. The van der Waals surface area contributed by atoms with E-state index in [1.165, 1.54) is 12.1 Å². The van der Waals surface area contributed by atoms with Gasteiger partial charge in [0.2, 0.25) is 11.8 Å². The fraction of sp³-hybridized carbons (Fsp3) is 0.143. The van der Waals surface area contributed by atoms with E-state index in [1.807, 2.05) is 37.3 Å². The molecule has 1 aliphatic heterocycles. The summed E-state index contributed by atoms with van der Waals surface area (Å²) in [5.74, 6) is -0.884. The molecule has 0 aliphatic carbocycles. The number of aryl methyl sites for hydroxylation is 1. The molecule has 0 saturated heterocycles. The van der Waals surface area contributed by atoms with E-state index in [4.69, 9.17) is 10.5 Å². The summed E-state index contributed by atoms with van der Waals surface area (Å²) in [5, 5.41) is 16.7. The standard InChI is InChI=1S/C21H15F3N4O/c1-11-5-7-12(8-6-11)18-17-16(13-3-2-4-14(9-13)21(22,23)24)15(10-25)19(26)29-20(17)28-27-18/h2-9,16H,26H2,1H3,(H,27,28). The highest BCUT2D eigenvalue weighted by molar-refractivity contribution is 5.71. The number of ether oxygens (including phenoxy) is 1. The zero-order chi connectivity index (χ0) is 20.8. The van der Waals surface area contributed by atoms with Crippen molar-refractivity contribution in [1.29, 1.82) is 5.26 Å². The third-order valence-electron chi connectivity index (χ3n) is 4.83. The zero-order valence-electron chi connectivity index (χ0n) is 15.2. The number of nitriles is 1. The van der Waals surface area contributed by atoms with Gasteiger partial charge >= 0.3 is 6.18 Å². The Morgan fingerprint density at radius 1 is 1.17 bits per heavy atom. The Bertz CT molecular complexity index is 1150. The summed E-state index contributed by atoms with van der Waals surface area (Å²) in [6.45, 7) is 1.94. The van der Waals surface area contributed by atoms with Crippen LogP contribution in [0.5, 0.6) is 5.88 Å². The lowest BCUT2D eigenvalue weighted by atomic mass is 9.82. The molecule has 1 unspecified atom stereocenters. The molecule has 0 saturated carbocycles. The van der Waals surface area contributed by atoms with Crippen molar-refractivity contribution in [2.24, 2.45) is 5.73 Å². The summed E-state index contributed by atoms with van der Waals surface area (Å²) in [7, 11) is 0. The Labute approximate surface area is 164 Å². The lowest BCUT2D eigenvalue weighted by molar-refractivity contribution is -0.137. The molecule has 3 aromatic rings. The van der Waals surface area contributed by atoms with Gasteiger partial charge in [0.25, 0.3) is 0 Å². The highest BCUT2D eigenvalue weighted by Crippen LogP contribution is 2.46. The van der Waals surface area contributed by atoms with Gasteiger partial charge in [0.05, 0.1) is 22.7 Å². The molecule has 2 heterocycles. The third-order valence-corrected chi connectivity index (χ3v) is 4.83. The van der Waals surface area contributed by atoms with Gasteiger partial charge in [-0.1, -0.05) is 48.0 Å². The van der Waals surface area contributed by atoms with Crippen molar-refractivity contribution in [3.63, 3.8) is 0 Å². The third kappa shape index (κ3) is 3.21. The summed E-state index contributed by atoms with van der Waals surface area (Å²) >= 11 is 0. The van der Waals surface area contributed by atoms with Gasteiger partial charge in [0.15, 0.2) is 0 Å². The number of nitrogens with one attached hydrogen (secondary N) is 1. The summed E-state index contributed by atoms with van der Waals surface area (Å²) in [6, 6.07) is 14.4. The van der Waals surface area contributed by atoms with E-state index in [0.717, 1.165) is 23.3 Å². The molecule has 0 bridgehead atoms.